The van der Waals surface area contributed by atoms with Crippen LogP contribution in [0.2, 0.25) is 0 Å². The van der Waals surface area contributed by atoms with Crippen molar-refractivity contribution in [1.29, 1.82) is 0 Å². The summed E-state index contributed by atoms with van der Waals surface area (Å²) in [6.45, 7) is 2.32. The molecule has 0 aliphatic rings. The Morgan fingerprint density at radius 2 is 1.90 bits per heavy atom. The highest BCUT2D eigenvalue weighted by Gasteiger charge is 2.10. The van der Waals surface area contributed by atoms with Crippen LogP contribution in [-0.2, 0) is 11.3 Å². The van der Waals surface area contributed by atoms with Gasteiger partial charge in [-0.2, -0.15) is 0 Å². The normalized spacial score (nSPS) is 11.3. The maximum absolute atomic E-state index is 11.7. The summed E-state index contributed by atoms with van der Waals surface area (Å²) in [5.74, 6) is 1.27. The largest absolute Gasteiger partial charge is 0.493 e. The Balaban J connectivity index is 0.00000400. The molecule has 0 heterocycles. The summed E-state index contributed by atoms with van der Waals surface area (Å²) in [6, 6.07) is 3.70. The van der Waals surface area contributed by atoms with E-state index >= 15 is 0 Å². The molecule has 1 rings (SSSR count). The third-order valence-electron chi connectivity index (χ3n) is 2.86. The highest BCUT2D eigenvalue weighted by molar-refractivity contribution is 9.10. The molecule has 120 valence electrons. The number of methoxy groups -OCH3 is 2. The first-order valence-corrected chi connectivity index (χ1v) is 7.20. The van der Waals surface area contributed by atoms with Gasteiger partial charge in [0.15, 0.2) is 11.5 Å². The summed E-state index contributed by atoms with van der Waals surface area (Å²) >= 11 is 3.46. The van der Waals surface area contributed by atoms with Crippen molar-refractivity contribution in [2.45, 2.75) is 32.4 Å². The van der Waals surface area contributed by atoms with Crippen LogP contribution in [0.4, 0.5) is 0 Å². The lowest BCUT2D eigenvalue weighted by molar-refractivity contribution is -0.121. The van der Waals surface area contributed by atoms with Crippen LogP contribution in [-0.4, -0.2) is 26.2 Å². The van der Waals surface area contributed by atoms with Crippen molar-refractivity contribution >= 4 is 34.2 Å². The fraction of sp³-hybridized carbons (Fsp3) is 0.500. The molecule has 7 heteroatoms. The van der Waals surface area contributed by atoms with Crippen LogP contribution in [0.3, 0.4) is 0 Å². The molecule has 1 unspecified atom stereocenters. The van der Waals surface area contributed by atoms with Crippen molar-refractivity contribution in [1.82, 2.24) is 5.32 Å². The molecule has 1 amide bonds. The van der Waals surface area contributed by atoms with E-state index in [-0.39, 0.29) is 24.4 Å². The lowest BCUT2D eigenvalue weighted by atomic mass is 10.1. The number of nitrogens with two attached hydrogens (primary N) is 1. The van der Waals surface area contributed by atoms with E-state index in [1.54, 1.807) is 14.2 Å². The number of hydrogen-bond acceptors (Lipinski definition) is 4. The van der Waals surface area contributed by atoms with E-state index in [0.29, 0.717) is 30.9 Å². The molecule has 0 aromatic heterocycles. The van der Waals surface area contributed by atoms with Gasteiger partial charge in [-0.3, -0.25) is 4.79 Å². The third kappa shape index (κ3) is 6.54. The minimum absolute atomic E-state index is 0. The Hall–Kier alpha value is -0.980. The van der Waals surface area contributed by atoms with Crippen molar-refractivity contribution in [3.63, 3.8) is 0 Å². The van der Waals surface area contributed by atoms with Gasteiger partial charge in [0.2, 0.25) is 5.91 Å². The summed E-state index contributed by atoms with van der Waals surface area (Å²) in [6.07, 6.45) is 1.11. The summed E-state index contributed by atoms with van der Waals surface area (Å²) in [5, 5.41) is 2.86. The predicted molar refractivity (Wildman–Crippen MR) is 89.2 cm³/mol. The molecule has 0 radical (unpaired) electrons. The summed E-state index contributed by atoms with van der Waals surface area (Å²) in [7, 11) is 3.16. The van der Waals surface area contributed by atoms with Crippen LogP contribution in [0, 0.1) is 0 Å². The van der Waals surface area contributed by atoms with E-state index in [1.165, 1.54) is 0 Å². The highest BCUT2D eigenvalue weighted by atomic mass is 79.9. The van der Waals surface area contributed by atoms with Crippen molar-refractivity contribution in [2.75, 3.05) is 14.2 Å². The maximum Gasteiger partial charge on any atom is 0.220 e. The summed E-state index contributed by atoms with van der Waals surface area (Å²) in [4.78, 5) is 11.7. The Kier molecular flexibility index (Phi) is 9.41. The van der Waals surface area contributed by atoms with Gasteiger partial charge in [-0.05, 0) is 31.0 Å². The predicted octanol–water partition coefficient (Wildman–Crippen LogP) is 2.63. The fourth-order valence-corrected chi connectivity index (χ4v) is 2.14. The minimum Gasteiger partial charge on any atom is -0.493 e. The molecule has 1 aromatic rings. The van der Waals surface area contributed by atoms with Crippen molar-refractivity contribution < 1.29 is 14.3 Å². The molecule has 0 spiro atoms. The molecule has 5 nitrogen and oxygen atoms in total. The van der Waals surface area contributed by atoms with Gasteiger partial charge in [-0.25, -0.2) is 0 Å². The Labute approximate surface area is 140 Å². The first-order chi connectivity index (χ1) is 9.47. The van der Waals surface area contributed by atoms with Crippen LogP contribution in [0.1, 0.15) is 25.3 Å². The molecule has 1 aromatic carbocycles. The zero-order valence-electron chi connectivity index (χ0n) is 12.4. The lowest BCUT2D eigenvalue weighted by Crippen LogP contribution is -2.25. The molecule has 0 aliphatic heterocycles. The second-order valence-corrected chi connectivity index (χ2v) is 5.45. The van der Waals surface area contributed by atoms with Crippen LogP contribution >= 0.6 is 28.3 Å². The van der Waals surface area contributed by atoms with E-state index in [0.717, 1.165) is 10.0 Å². The number of nitrogens with one attached hydrogen (secondary N) is 1. The molecule has 3 N–H and O–H groups in total. The van der Waals surface area contributed by atoms with E-state index in [1.807, 2.05) is 19.1 Å². The second kappa shape index (κ2) is 9.87. The average Bonchev–Trinajstić information content (AvgIpc) is 2.43. The van der Waals surface area contributed by atoms with Crippen molar-refractivity contribution in [2.24, 2.45) is 5.73 Å². The molecular weight excluding hydrogens is 360 g/mol. The molecular formula is C14H22BrClN2O3. The van der Waals surface area contributed by atoms with Gasteiger partial charge in [-0.15, -0.1) is 12.4 Å². The van der Waals surface area contributed by atoms with Gasteiger partial charge < -0.3 is 20.5 Å². The highest BCUT2D eigenvalue weighted by Crippen LogP contribution is 2.33. The van der Waals surface area contributed by atoms with E-state index in [2.05, 4.69) is 21.2 Å². The fourth-order valence-electron chi connectivity index (χ4n) is 1.67. The maximum atomic E-state index is 11.7. The number of halogens is 2. The number of hydrogen-bond donors (Lipinski definition) is 2. The smallest absolute Gasteiger partial charge is 0.220 e. The number of benzene rings is 1. The zero-order chi connectivity index (χ0) is 15.1. The molecule has 0 fully saturated rings. The minimum atomic E-state index is -0.0102. The topological polar surface area (TPSA) is 73.6 Å². The SMILES string of the molecule is COc1cc(Br)c(CNC(=O)CCC(C)N)cc1OC.Cl. The third-order valence-corrected chi connectivity index (χ3v) is 3.59. The van der Waals surface area contributed by atoms with Gasteiger partial charge >= 0.3 is 0 Å². The Morgan fingerprint density at radius 1 is 1.33 bits per heavy atom. The second-order valence-electron chi connectivity index (χ2n) is 4.59. The number of amides is 1. The first-order valence-electron chi connectivity index (χ1n) is 6.40. The Bertz CT molecular complexity index is 470. The van der Waals surface area contributed by atoms with Crippen molar-refractivity contribution in [3.05, 3.63) is 22.2 Å². The van der Waals surface area contributed by atoms with Gasteiger partial charge in [-0.1, -0.05) is 15.9 Å². The van der Waals surface area contributed by atoms with Gasteiger partial charge in [0, 0.05) is 23.5 Å². The van der Waals surface area contributed by atoms with Gasteiger partial charge in [0.05, 0.1) is 14.2 Å². The quantitative estimate of drug-likeness (QED) is 0.761. The molecule has 0 saturated heterocycles. The van der Waals surface area contributed by atoms with Crippen LogP contribution in [0.15, 0.2) is 16.6 Å². The Morgan fingerprint density at radius 3 is 2.43 bits per heavy atom. The van der Waals surface area contributed by atoms with Crippen LogP contribution in [0.5, 0.6) is 11.5 Å². The monoisotopic (exact) mass is 380 g/mol. The number of carbonyl (C=O) groups is 1. The molecule has 0 bridgehead atoms. The summed E-state index contributed by atoms with van der Waals surface area (Å²) in [5.41, 5.74) is 6.55. The number of carbonyl (C=O) groups excluding carboxylic acids is 1. The van der Waals surface area contributed by atoms with E-state index in [9.17, 15) is 4.79 Å². The van der Waals surface area contributed by atoms with Crippen LogP contribution < -0.4 is 20.5 Å². The molecule has 21 heavy (non-hydrogen) atoms. The zero-order valence-corrected chi connectivity index (χ0v) is 14.8. The van der Waals surface area contributed by atoms with Gasteiger partial charge in [0.1, 0.15) is 0 Å². The van der Waals surface area contributed by atoms with Crippen LogP contribution in [0.25, 0.3) is 0 Å². The standard InChI is InChI=1S/C14H21BrN2O3.ClH/c1-9(16)4-5-14(18)17-8-10-6-12(19-2)13(20-3)7-11(10)15;/h6-7,9H,4-5,8,16H2,1-3H3,(H,17,18);1H. The molecule has 0 aliphatic carbocycles. The number of ether oxygens (including phenoxy) is 2. The van der Waals surface area contributed by atoms with E-state index in [4.69, 9.17) is 15.2 Å². The van der Waals surface area contributed by atoms with E-state index < -0.39 is 0 Å². The number of rotatable bonds is 7. The molecule has 0 saturated carbocycles. The molecule has 1 atom stereocenters. The van der Waals surface area contributed by atoms with Gasteiger partial charge in [0.25, 0.3) is 0 Å². The summed E-state index contributed by atoms with van der Waals surface area (Å²) < 4.78 is 11.3. The average molecular weight is 382 g/mol. The lowest BCUT2D eigenvalue weighted by Gasteiger charge is -2.13. The van der Waals surface area contributed by atoms with Crippen molar-refractivity contribution in [3.8, 4) is 11.5 Å². The first kappa shape index (κ1) is 20.0.